The number of hydrogen-bond donors (Lipinski definition) is 1. The number of para-hydroxylation sites is 1. The first-order chi connectivity index (χ1) is 12.1. The van der Waals surface area contributed by atoms with Gasteiger partial charge >= 0.3 is 0 Å². The molecule has 0 bridgehead atoms. The molecule has 1 saturated heterocycles. The lowest BCUT2D eigenvalue weighted by Gasteiger charge is -2.33. The Kier molecular flexibility index (Phi) is 7.49. The first-order valence-corrected chi connectivity index (χ1v) is 8.96. The molecule has 26 heavy (non-hydrogen) atoms. The van der Waals surface area contributed by atoms with Crippen LogP contribution in [0.25, 0.3) is 11.1 Å². The Morgan fingerprint density at radius 1 is 1.12 bits per heavy atom. The molecule has 3 rings (SSSR count). The highest BCUT2D eigenvalue weighted by molar-refractivity contribution is 5.85. The highest BCUT2D eigenvalue weighted by atomic mass is 35.5. The van der Waals surface area contributed by atoms with Crippen molar-refractivity contribution < 1.29 is 9.53 Å². The third-order valence-corrected chi connectivity index (χ3v) is 4.96. The fourth-order valence-corrected chi connectivity index (χ4v) is 3.35. The summed E-state index contributed by atoms with van der Waals surface area (Å²) in [6, 6.07) is 18.1. The van der Waals surface area contributed by atoms with Crippen molar-refractivity contribution in [1.29, 1.82) is 0 Å². The molecule has 2 N–H and O–H groups in total. The van der Waals surface area contributed by atoms with Crippen LogP contribution in [0.15, 0.2) is 54.6 Å². The second-order valence-electron chi connectivity index (χ2n) is 6.73. The molecule has 2 aromatic rings. The van der Waals surface area contributed by atoms with Crippen molar-refractivity contribution in [3.05, 3.63) is 54.6 Å². The van der Waals surface area contributed by atoms with Crippen LogP contribution in [0.3, 0.4) is 0 Å². The molecule has 1 aliphatic rings. The minimum Gasteiger partial charge on any atom is -0.483 e. The number of nitrogens with zero attached hydrogens (tertiary/aromatic N) is 1. The highest BCUT2D eigenvalue weighted by Crippen LogP contribution is 2.29. The van der Waals surface area contributed by atoms with Crippen molar-refractivity contribution in [2.24, 2.45) is 11.7 Å². The van der Waals surface area contributed by atoms with Gasteiger partial charge in [0.2, 0.25) is 0 Å². The van der Waals surface area contributed by atoms with E-state index < -0.39 is 0 Å². The van der Waals surface area contributed by atoms with Crippen molar-refractivity contribution in [2.45, 2.75) is 25.8 Å². The van der Waals surface area contributed by atoms with Crippen molar-refractivity contribution in [3.63, 3.8) is 0 Å². The van der Waals surface area contributed by atoms with Crippen LogP contribution in [0.5, 0.6) is 5.75 Å². The summed E-state index contributed by atoms with van der Waals surface area (Å²) in [7, 11) is 0. The lowest BCUT2D eigenvalue weighted by Crippen LogP contribution is -2.44. The quantitative estimate of drug-likeness (QED) is 0.867. The first-order valence-electron chi connectivity index (χ1n) is 8.96. The van der Waals surface area contributed by atoms with Crippen molar-refractivity contribution in [1.82, 2.24) is 4.90 Å². The van der Waals surface area contributed by atoms with Gasteiger partial charge in [-0.15, -0.1) is 12.4 Å². The summed E-state index contributed by atoms with van der Waals surface area (Å²) in [5, 5.41) is 0. The Bertz CT molecular complexity index is 698. The normalized spacial score (nSPS) is 15.8. The van der Waals surface area contributed by atoms with E-state index in [4.69, 9.17) is 10.5 Å². The van der Waals surface area contributed by atoms with E-state index in [0.717, 1.165) is 42.8 Å². The van der Waals surface area contributed by atoms with E-state index in [9.17, 15) is 4.79 Å². The smallest absolute Gasteiger partial charge is 0.260 e. The molecule has 0 aromatic heterocycles. The average Bonchev–Trinajstić information content (AvgIpc) is 2.67. The number of nitrogens with two attached hydrogens (primary N) is 1. The molecule has 1 fully saturated rings. The zero-order valence-electron chi connectivity index (χ0n) is 15.1. The first kappa shape index (κ1) is 20.3. The molecule has 0 spiro atoms. The summed E-state index contributed by atoms with van der Waals surface area (Å²) < 4.78 is 5.86. The molecule has 2 aromatic carbocycles. The lowest BCUT2D eigenvalue weighted by atomic mass is 9.91. The van der Waals surface area contributed by atoms with Gasteiger partial charge in [0.25, 0.3) is 5.91 Å². The number of benzene rings is 2. The topological polar surface area (TPSA) is 55.6 Å². The summed E-state index contributed by atoms with van der Waals surface area (Å²) in [6.45, 7) is 3.67. The molecule has 0 radical (unpaired) electrons. The summed E-state index contributed by atoms with van der Waals surface area (Å²) >= 11 is 0. The fourth-order valence-electron chi connectivity index (χ4n) is 3.35. The molecule has 140 valence electrons. The largest absolute Gasteiger partial charge is 0.483 e. The molecule has 5 heteroatoms. The van der Waals surface area contributed by atoms with Crippen LogP contribution >= 0.6 is 12.4 Å². The summed E-state index contributed by atoms with van der Waals surface area (Å²) in [6.07, 6.45) is 1.95. The predicted molar refractivity (Wildman–Crippen MR) is 108 cm³/mol. The summed E-state index contributed by atoms with van der Waals surface area (Å²) in [5.41, 5.74) is 8.06. The van der Waals surface area contributed by atoms with Crippen LogP contribution in [0, 0.1) is 5.92 Å². The number of likely N-dealkylation sites (tertiary alicyclic amines) is 1. The van der Waals surface area contributed by atoms with Gasteiger partial charge in [-0.05, 0) is 37.3 Å². The maximum atomic E-state index is 12.5. The van der Waals surface area contributed by atoms with Crippen molar-refractivity contribution in [3.8, 4) is 16.9 Å². The van der Waals surface area contributed by atoms with E-state index in [-0.39, 0.29) is 31.0 Å². The molecule has 1 aliphatic heterocycles. The number of halogens is 1. The van der Waals surface area contributed by atoms with Crippen LogP contribution in [-0.4, -0.2) is 36.5 Å². The second kappa shape index (κ2) is 9.60. The maximum Gasteiger partial charge on any atom is 0.260 e. The summed E-state index contributed by atoms with van der Waals surface area (Å²) in [5.74, 6) is 1.31. The Morgan fingerprint density at radius 3 is 2.38 bits per heavy atom. The number of carbonyl (C=O) groups excluding carboxylic acids is 1. The van der Waals surface area contributed by atoms with Gasteiger partial charge in [-0.2, -0.15) is 0 Å². The minimum absolute atomic E-state index is 0. The molecule has 0 aliphatic carbocycles. The van der Waals surface area contributed by atoms with Crippen LogP contribution in [-0.2, 0) is 4.79 Å². The summed E-state index contributed by atoms with van der Waals surface area (Å²) in [4.78, 5) is 14.4. The Hall–Kier alpha value is -2.04. The zero-order valence-corrected chi connectivity index (χ0v) is 16.0. The molecule has 1 amide bonds. The number of rotatable bonds is 5. The monoisotopic (exact) mass is 374 g/mol. The van der Waals surface area contributed by atoms with Gasteiger partial charge in [0, 0.05) is 24.7 Å². The molecule has 1 atom stereocenters. The molecule has 0 saturated carbocycles. The average molecular weight is 375 g/mol. The molecular weight excluding hydrogens is 348 g/mol. The van der Waals surface area contributed by atoms with E-state index in [1.54, 1.807) is 0 Å². The number of piperidine rings is 1. The van der Waals surface area contributed by atoms with E-state index in [2.05, 4.69) is 0 Å². The van der Waals surface area contributed by atoms with Gasteiger partial charge in [0.05, 0.1) is 0 Å². The Morgan fingerprint density at radius 2 is 1.73 bits per heavy atom. The third-order valence-electron chi connectivity index (χ3n) is 4.96. The number of ether oxygens (including phenoxy) is 1. The van der Waals surface area contributed by atoms with Gasteiger partial charge in [0.15, 0.2) is 6.61 Å². The molecular formula is C21H27ClN2O2. The van der Waals surface area contributed by atoms with Crippen molar-refractivity contribution in [2.75, 3.05) is 19.7 Å². The highest BCUT2D eigenvalue weighted by Gasteiger charge is 2.25. The Labute approximate surface area is 161 Å². The molecule has 1 heterocycles. The standard InChI is InChI=1S/C21H26N2O2.ClH/c1-16(22)17-11-13-23(14-12-17)21(24)15-25-20-10-6-5-9-19(20)18-7-3-2-4-8-18;/h2-10,16-17H,11-15,22H2,1H3;1H. The minimum atomic E-state index is 0. The van der Waals surface area contributed by atoms with Gasteiger partial charge in [-0.3, -0.25) is 4.79 Å². The lowest BCUT2D eigenvalue weighted by molar-refractivity contribution is -0.134. The number of carbonyl (C=O) groups is 1. The van der Waals surface area contributed by atoms with Gasteiger partial charge in [-0.1, -0.05) is 48.5 Å². The van der Waals surface area contributed by atoms with E-state index in [0.29, 0.717) is 5.92 Å². The zero-order chi connectivity index (χ0) is 17.6. The maximum absolute atomic E-state index is 12.5. The van der Waals surface area contributed by atoms with Crippen LogP contribution < -0.4 is 10.5 Å². The van der Waals surface area contributed by atoms with Gasteiger partial charge in [0.1, 0.15) is 5.75 Å². The Balaban J connectivity index is 0.00000243. The third kappa shape index (κ3) is 4.99. The SMILES string of the molecule is CC(N)C1CCN(C(=O)COc2ccccc2-c2ccccc2)CC1.Cl. The van der Waals surface area contributed by atoms with Crippen LogP contribution in [0.4, 0.5) is 0 Å². The van der Waals surface area contributed by atoms with Crippen LogP contribution in [0.1, 0.15) is 19.8 Å². The van der Waals surface area contributed by atoms with Gasteiger partial charge < -0.3 is 15.4 Å². The van der Waals surface area contributed by atoms with E-state index in [1.807, 2.05) is 66.4 Å². The fraction of sp³-hybridized carbons (Fsp3) is 0.381. The number of amides is 1. The number of hydrogen-bond acceptors (Lipinski definition) is 3. The predicted octanol–water partition coefficient (Wildman–Crippen LogP) is 3.74. The van der Waals surface area contributed by atoms with Crippen LogP contribution in [0.2, 0.25) is 0 Å². The van der Waals surface area contributed by atoms with Gasteiger partial charge in [-0.25, -0.2) is 0 Å². The van der Waals surface area contributed by atoms with E-state index in [1.165, 1.54) is 0 Å². The molecule has 4 nitrogen and oxygen atoms in total. The van der Waals surface area contributed by atoms with Crippen molar-refractivity contribution >= 4 is 18.3 Å². The van der Waals surface area contributed by atoms with E-state index >= 15 is 0 Å². The second-order valence-corrected chi connectivity index (χ2v) is 6.73. The molecule has 1 unspecified atom stereocenters.